The number of hydrogen-bond donors (Lipinski definition) is 2. The normalized spacial score (nSPS) is 10.5. The van der Waals surface area contributed by atoms with E-state index >= 15 is 0 Å². The Morgan fingerprint density at radius 3 is 2.40 bits per heavy atom. The molecule has 0 aliphatic rings. The molecule has 0 bridgehead atoms. The number of hydrazine groups is 1. The van der Waals surface area contributed by atoms with Crippen LogP contribution >= 0.6 is 11.3 Å². The van der Waals surface area contributed by atoms with Crippen molar-refractivity contribution >= 4 is 28.9 Å². The van der Waals surface area contributed by atoms with Crippen LogP contribution in [-0.4, -0.2) is 22.6 Å². The first kappa shape index (κ1) is 21.4. The highest BCUT2D eigenvalue weighted by molar-refractivity contribution is 7.17. The zero-order chi connectivity index (χ0) is 21.7. The van der Waals surface area contributed by atoms with E-state index in [1.165, 1.54) is 11.3 Å². The molecule has 6 nitrogen and oxygen atoms in total. The average Bonchev–Trinajstić information content (AvgIpc) is 3.14. The fraction of sp³-hybridized carbons (Fsp3) is 0.217. The first-order valence-electron chi connectivity index (χ1n) is 9.57. The van der Waals surface area contributed by atoms with Gasteiger partial charge < -0.3 is 0 Å². The van der Waals surface area contributed by atoms with Crippen LogP contribution in [0.15, 0.2) is 48.5 Å². The smallest absolute Gasteiger partial charge is 0.281 e. The Labute approximate surface area is 179 Å². The first-order chi connectivity index (χ1) is 14.3. The highest BCUT2D eigenvalue weighted by Gasteiger charge is 2.17. The van der Waals surface area contributed by atoms with Gasteiger partial charge in [-0.1, -0.05) is 48.0 Å². The number of Topliss-reactive ketones (excluding diaryl/α,β-unsaturated/α-hetero) is 1. The van der Waals surface area contributed by atoms with Crippen LogP contribution in [0.25, 0.3) is 10.6 Å². The van der Waals surface area contributed by atoms with Gasteiger partial charge in [0.25, 0.3) is 5.91 Å². The number of amides is 2. The van der Waals surface area contributed by atoms with E-state index in [0.717, 1.165) is 21.7 Å². The van der Waals surface area contributed by atoms with Crippen molar-refractivity contribution in [2.75, 3.05) is 0 Å². The highest BCUT2D eigenvalue weighted by Crippen LogP contribution is 2.27. The SMILES string of the molecule is Cc1ccc(C)c(C(=O)CCC(=O)NNC(=O)c2sc(-c3ccccc3)nc2C)c1. The average molecular weight is 422 g/mol. The first-order valence-corrected chi connectivity index (χ1v) is 10.4. The zero-order valence-corrected chi connectivity index (χ0v) is 17.9. The number of nitrogens with one attached hydrogen (secondary N) is 2. The Bertz CT molecular complexity index is 1090. The molecule has 3 rings (SSSR count). The minimum atomic E-state index is -0.429. The summed E-state index contributed by atoms with van der Waals surface area (Å²) in [6, 6.07) is 15.2. The Kier molecular flexibility index (Phi) is 6.74. The van der Waals surface area contributed by atoms with Gasteiger partial charge in [0.1, 0.15) is 9.88 Å². The molecule has 1 heterocycles. The van der Waals surface area contributed by atoms with Crippen LogP contribution in [0.3, 0.4) is 0 Å². The molecule has 7 heteroatoms. The van der Waals surface area contributed by atoms with E-state index in [0.29, 0.717) is 16.1 Å². The van der Waals surface area contributed by atoms with Crippen LogP contribution in [0, 0.1) is 20.8 Å². The fourth-order valence-corrected chi connectivity index (χ4v) is 3.92. The maximum absolute atomic E-state index is 12.4. The molecule has 30 heavy (non-hydrogen) atoms. The molecule has 0 unspecified atom stereocenters. The van der Waals surface area contributed by atoms with Gasteiger partial charge in [-0.15, -0.1) is 11.3 Å². The summed E-state index contributed by atoms with van der Waals surface area (Å²) in [4.78, 5) is 41.8. The lowest BCUT2D eigenvalue weighted by atomic mass is 9.99. The van der Waals surface area contributed by atoms with Crippen LogP contribution in [-0.2, 0) is 4.79 Å². The van der Waals surface area contributed by atoms with E-state index < -0.39 is 11.8 Å². The number of thiazole rings is 1. The topological polar surface area (TPSA) is 88.2 Å². The molecule has 2 aromatic carbocycles. The van der Waals surface area contributed by atoms with Crippen molar-refractivity contribution in [3.8, 4) is 10.6 Å². The van der Waals surface area contributed by atoms with E-state index in [-0.39, 0.29) is 18.6 Å². The van der Waals surface area contributed by atoms with Crippen molar-refractivity contribution in [1.29, 1.82) is 0 Å². The van der Waals surface area contributed by atoms with Gasteiger partial charge in [0.15, 0.2) is 5.78 Å². The Balaban J connectivity index is 1.54. The van der Waals surface area contributed by atoms with E-state index in [4.69, 9.17) is 0 Å². The Morgan fingerprint density at radius 1 is 0.933 bits per heavy atom. The van der Waals surface area contributed by atoms with Crippen molar-refractivity contribution in [1.82, 2.24) is 15.8 Å². The lowest BCUT2D eigenvalue weighted by Crippen LogP contribution is -2.41. The van der Waals surface area contributed by atoms with Gasteiger partial charge in [-0.05, 0) is 32.4 Å². The zero-order valence-electron chi connectivity index (χ0n) is 17.1. The number of ketones is 1. The standard InChI is InChI=1S/C23H23N3O3S/c1-14-9-10-15(2)18(13-14)19(27)11-12-20(28)25-26-22(29)21-16(3)24-23(30-21)17-7-5-4-6-8-17/h4-10,13H,11-12H2,1-3H3,(H,25,28)(H,26,29). The lowest BCUT2D eigenvalue weighted by Gasteiger charge is -2.08. The molecule has 0 fully saturated rings. The Hall–Kier alpha value is -3.32. The largest absolute Gasteiger partial charge is 0.294 e. The van der Waals surface area contributed by atoms with E-state index in [1.54, 1.807) is 6.92 Å². The molecule has 0 radical (unpaired) electrons. The van der Waals surface area contributed by atoms with Crippen molar-refractivity contribution in [2.45, 2.75) is 33.6 Å². The summed E-state index contributed by atoms with van der Waals surface area (Å²) in [5.74, 6) is -0.947. The van der Waals surface area contributed by atoms with Gasteiger partial charge in [0.2, 0.25) is 5.91 Å². The molecular weight excluding hydrogens is 398 g/mol. The molecule has 3 aromatic rings. The van der Waals surface area contributed by atoms with Gasteiger partial charge in [-0.2, -0.15) is 0 Å². The quantitative estimate of drug-likeness (QED) is 0.462. The van der Waals surface area contributed by atoms with Gasteiger partial charge in [0.05, 0.1) is 5.69 Å². The summed E-state index contributed by atoms with van der Waals surface area (Å²) in [5.41, 5.74) is 8.81. The van der Waals surface area contributed by atoms with Crippen molar-refractivity contribution in [2.24, 2.45) is 0 Å². The van der Waals surface area contributed by atoms with Crippen molar-refractivity contribution in [3.05, 3.63) is 75.8 Å². The molecule has 154 valence electrons. The molecule has 2 amide bonds. The summed E-state index contributed by atoms with van der Waals surface area (Å²) in [5, 5.41) is 0.740. The second kappa shape index (κ2) is 9.45. The molecular formula is C23H23N3O3S. The third-order valence-electron chi connectivity index (χ3n) is 4.61. The van der Waals surface area contributed by atoms with E-state index in [1.807, 2.05) is 62.4 Å². The van der Waals surface area contributed by atoms with Gasteiger partial charge in [-0.3, -0.25) is 25.2 Å². The molecule has 1 aromatic heterocycles. The van der Waals surface area contributed by atoms with Crippen LogP contribution in [0.4, 0.5) is 0 Å². The number of hydrogen-bond acceptors (Lipinski definition) is 5. The number of aromatic nitrogens is 1. The molecule has 2 N–H and O–H groups in total. The van der Waals surface area contributed by atoms with Crippen molar-refractivity contribution in [3.63, 3.8) is 0 Å². The fourth-order valence-electron chi connectivity index (χ4n) is 2.96. The molecule has 0 aliphatic heterocycles. The molecule has 0 spiro atoms. The summed E-state index contributed by atoms with van der Waals surface area (Å²) < 4.78 is 0. The van der Waals surface area contributed by atoms with Crippen LogP contribution in [0.2, 0.25) is 0 Å². The van der Waals surface area contributed by atoms with E-state index in [2.05, 4.69) is 15.8 Å². The van der Waals surface area contributed by atoms with Crippen LogP contribution in [0.5, 0.6) is 0 Å². The second-order valence-corrected chi connectivity index (χ2v) is 8.04. The summed E-state index contributed by atoms with van der Waals surface area (Å²) in [6.07, 6.45) is 0.0627. The number of nitrogens with zero attached hydrogens (tertiary/aromatic N) is 1. The minimum absolute atomic E-state index is 0.0105. The van der Waals surface area contributed by atoms with Gasteiger partial charge >= 0.3 is 0 Å². The molecule has 0 aliphatic carbocycles. The molecule has 0 saturated heterocycles. The number of rotatable bonds is 6. The third kappa shape index (κ3) is 5.18. The molecule has 0 saturated carbocycles. The van der Waals surface area contributed by atoms with Crippen LogP contribution in [0.1, 0.15) is 49.7 Å². The number of carbonyl (C=O) groups excluding carboxylic acids is 3. The summed E-state index contributed by atoms with van der Waals surface area (Å²) in [6.45, 7) is 5.54. The maximum atomic E-state index is 12.4. The predicted molar refractivity (Wildman–Crippen MR) is 117 cm³/mol. The van der Waals surface area contributed by atoms with Gasteiger partial charge in [-0.25, -0.2) is 4.98 Å². The van der Waals surface area contributed by atoms with Gasteiger partial charge in [0, 0.05) is 24.0 Å². The summed E-state index contributed by atoms with van der Waals surface area (Å²) in [7, 11) is 0. The summed E-state index contributed by atoms with van der Waals surface area (Å²) >= 11 is 1.26. The predicted octanol–water partition coefficient (Wildman–Crippen LogP) is 4.16. The highest BCUT2D eigenvalue weighted by atomic mass is 32.1. The third-order valence-corrected chi connectivity index (χ3v) is 5.82. The monoisotopic (exact) mass is 421 g/mol. The second-order valence-electron chi connectivity index (χ2n) is 7.04. The van der Waals surface area contributed by atoms with Crippen molar-refractivity contribution < 1.29 is 14.4 Å². The van der Waals surface area contributed by atoms with E-state index in [9.17, 15) is 14.4 Å². The van der Waals surface area contributed by atoms with Crippen LogP contribution < -0.4 is 10.9 Å². The minimum Gasteiger partial charge on any atom is -0.294 e. The number of carbonyl (C=O) groups is 3. The lowest BCUT2D eigenvalue weighted by molar-refractivity contribution is -0.121. The molecule has 0 atom stereocenters. The maximum Gasteiger partial charge on any atom is 0.281 e. The number of aryl methyl sites for hydroxylation is 3. The number of benzene rings is 2. The Morgan fingerprint density at radius 2 is 1.67 bits per heavy atom.